The molecule has 3 rings (SSSR count). The van der Waals surface area contributed by atoms with Crippen molar-refractivity contribution in [2.45, 2.75) is 19.6 Å². The quantitative estimate of drug-likeness (QED) is 0.550. The zero-order valence-electron chi connectivity index (χ0n) is 13.1. The Morgan fingerprint density at radius 3 is 2.68 bits per heavy atom. The van der Waals surface area contributed by atoms with Crippen LogP contribution in [0.2, 0.25) is 19.6 Å². The molecule has 6 nitrogen and oxygen atoms in total. The molecule has 22 heavy (non-hydrogen) atoms. The lowest BCUT2D eigenvalue weighted by molar-refractivity contribution is 0.768. The number of aromatic nitrogens is 5. The van der Waals surface area contributed by atoms with Crippen LogP contribution in [0.15, 0.2) is 24.8 Å². The maximum absolute atomic E-state index is 5.95. The predicted octanol–water partition coefficient (Wildman–Crippen LogP) is 1.94. The molecular formula is C15H18N6Si. The fourth-order valence-corrected chi connectivity index (χ4v) is 2.60. The lowest BCUT2D eigenvalue weighted by Gasteiger charge is -2.04. The molecule has 0 bridgehead atoms. The summed E-state index contributed by atoms with van der Waals surface area (Å²) >= 11 is 0. The summed E-state index contributed by atoms with van der Waals surface area (Å²) in [6.07, 6.45) is 7.21. The number of nitrogens with zero attached hydrogens (tertiary/aromatic N) is 5. The second-order valence-corrected chi connectivity index (χ2v) is 11.0. The van der Waals surface area contributed by atoms with Gasteiger partial charge in [0.25, 0.3) is 0 Å². The van der Waals surface area contributed by atoms with Gasteiger partial charge in [-0.25, -0.2) is 9.97 Å². The first-order chi connectivity index (χ1) is 10.3. The second-order valence-electron chi connectivity index (χ2n) is 6.22. The van der Waals surface area contributed by atoms with Crippen LogP contribution in [0.1, 0.15) is 5.69 Å². The molecule has 0 aliphatic rings. The van der Waals surface area contributed by atoms with Gasteiger partial charge < -0.3 is 5.73 Å². The molecule has 0 spiro atoms. The average molecular weight is 310 g/mol. The van der Waals surface area contributed by atoms with Crippen molar-refractivity contribution in [3.05, 3.63) is 30.5 Å². The van der Waals surface area contributed by atoms with Gasteiger partial charge in [0.05, 0.1) is 6.20 Å². The Kier molecular flexibility index (Phi) is 3.26. The lowest BCUT2D eigenvalue weighted by atomic mass is 10.2. The molecule has 3 heterocycles. The zero-order chi connectivity index (χ0) is 15.9. The van der Waals surface area contributed by atoms with Crippen molar-refractivity contribution in [2.24, 2.45) is 7.05 Å². The number of fused-ring (bicyclic) bond motifs is 1. The highest BCUT2D eigenvalue weighted by Gasteiger charge is 2.16. The molecule has 112 valence electrons. The third-order valence-corrected chi connectivity index (χ3v) is 3.98. The number of nitrogen functional groups attached to an aromatic ring is 1. The summed E-state index contributed by atoms with van der Waals surface area (Å²) in [6.45, 7) is 6.63. The molecule has 0 aliphatic carbocycles. The van der Waals surface area contributed by atoms with Gasteiger partial charge in [-0.05, 0) is 0 Å². The van der Waals surface area contributed by atoms with Crippen LogP contribution in [0.5, 0.6) is 0 Å². The molecule has 0 saturated carbocycles. The highest BCUT2D eigenvalue weighted by Crippen LogP contribution is 2.25. The van der Waals surface area contributed by atoms with Crippen molar-refractivity contribution in [1.82, 2.24) is 24.1 Å². The van der Waals surface area contributed by atoms with E-state index in [0.29, 0.717) is 11.5 Å². The summed E-state index contributed by atoms with van der Waals surface area (Å²) in [5.41, 5.74) is 12.5. The van der Waals surface area contributed by atoms with E-state index in [-0.39, 0.29) is 0 Å². The minimum absolute atomic E-state index is 0.397. The van der Waals surface area contributed by atoms with E-state index in [2.05, 4.69) is 46.2 Å². The maximum Gasteiger partial charge on any atom is 0.181 e. The van der Waals surface area contributed by atoms with E-state index >= 15 is 0 Å². The Morgan fingerprint density at radius 1 is 1.27 bits per heavy atom. The van der Waals surface area contributed by atoms with Gasteiger partial charge in [-0.2, -0.15) is 5.10 Å². The van der Waals surface area contributed by atoms with Crippen LogP contribution in [0.3, 0.4) is 0 Å². The number of nitrogens with two attached hydrogens (primary N) is 1. The Labute approximate surface area is 130 Å². The topological polar surface area (TPSA) is 74.0 Å². The van der Waals surface area contributed by atoms with Gasteiger partial charge in [-0.1, -0.05) is 25.6 Å². The van der Waals surface area contributed by atoms with E-state index < -0.39 is 8.07 Å². The fourth-order valence-electron chi connectivity index (χ4n) is 2.11. The minimum atomic E-state index is -1.50. The molecule has 0 saturated heterocycles. The Bertz CT molecular complexity index is 904. The summed E-state index contributed by atoms with van der Waals surface area (Å²) in [4.78, 5) is 8.74. The number of hydrogen-bond acceptors (Lipinski definition) is 4. The normalized spacial score (nSPS) is 11.5. The van der Waals surface area contributed by atoms with Crippen molar-refractivity contribution in [3.63, 3.8) is 0 Å². The molecule has 7 heteroatoms. The number of imidazole rings is 1. The van der Waals surface area contributed by atoms with Crippen molar-refractivity contribution in [1.29, 1.82) is 0 Å². The average Bonchev–Trinajstić information content (AvgIpc) is 3.00. The predicted molar refractivity (Wildman–Crippen MR) is 89.8 cm³/mol. The van der Waals surface area contributed by atoms with Gasteiger partial charge >= 0.3 is 0 Å². The largest absolute Gasteiger partial charge is 0.381 e. The molecule has 3 aromatic rings. The van der Waals surface area contributed by atoms with E-state index in [1.165, 1.54) is 0 Å². The van der Waals surface area contributed by atoms with Crippen LogP contribution in [0.25, 0.3) is 16.9 Å². The molecule has 0 atom stereocenters. The van der Waals surface area contributed by atoms with E-state index in [9.17, 15) is 0 Å². The first-order valence-electron chi connectivity index (χ1n) is 7.00. The summed E-state index contributed by atoms with van der Waals surface area (Å²) in [7, 11) is 0.375. The van der Waals surface area contributed by atoms with E-state index in [4.69, 9.17) is 5.73 Å². The summed E-state index contributed by atoms with van der Waals surface area (Å²) in [5.74, 6) is 3.70. The van der Waals surface area contributed by atoms with Crippen LogP contribution >= 0.6 is 0 Å². The number of rotatable bonds is 1. The van der Waals surface area contributed by atoms with Gasteiger partial charge in [0, 0.05) is 31.2 Å². The molecule has 0 aromatic carbocycles. The summed E-state index contributed by atoms with van der Waals surface area (Å²) in [6, 6.07) is 0. The Hall–Kier alpha value is -2.59. The molecule has 3 aromatic heterocycles. The van der Waals surface area contributed by atoms with Crippen molar-refractivity contribution in [2.75, 3.05) is 5.73 Å². The molecule has 2 N–H and O–H groups in total. The maximum atomic E-state index is 5.95. The summed E-state index contributed by atoms with van der Waals surface area (Å²) < 4.78 is 3.65. The molecular weight excluding hydrogens is 292 g/mol. The zero-order valence-corrected chi connectivity index (χ0v) is 14.1. The fraction of sp³-hybridized carbons (Fsp3) is 0.267. The van der Waals surface area contributed by atoms with Gasteiger partial charge in [-0.15, -0.1) is 5.54 Å². The summed E-state index contributed by atoms with van der Waals surface area (Å²) in [5, 5.41) is 4.22. The highest BCUT2D eigenvalue weighted by atomic mass is 28.3. The van der Waals surface area contributed by atoms with Gasteiger partial charge in [0.2, 0.25) is 0 Å². The Morgan fingerprint density at radius 2 is 2.05 bits per heavy atom. The molecule has 0 radical (unpaired) electrons. The second kappa shape index (κ2) is 5.00. The first kappa shape index (κ1) is 14.3. The molecule has 0 fully saturated rings. The van der Waals surface area contributed by atoms with Crippen LogP contribution in [-0.2, 0) is 7.05 Å². The molecule has 0 unspecified atom stereocenters. The van der Waals surface area contributed by atoms with Crippen molar-refractivity contribution < 1.29 is 0 Å². The van der Waals surface area contributed by atoms with Crippen LogP contribution in [0, 0.1) is 11.5 Å². The van der Waals surface area contributed by atoms with Crippen LogP contribution in [-0.4, -0.2) is 32.2 Å². The van der Waals surface area contributed by atoms with E-state index in [1.807, 2.05) is 23.8 Å². The highest BCUT2D eigenvalue weighted by molar-refractivity contribution is 6.83. The van der Waals surface area contributed by atoms with Crippen LogP contribution in [0.4, 0.5) is 5.82 Å². The van der Waals surface area contributed by atoms with E-state index in [0.717, 1.165) is 17.0 Å². The SMILES string of the molecule is Cn1cc(-c2nc3c(N)nccn3c2C#C[Si](C)(C)C)cn1. The smallest absolute Gasteiger partial charge is 0.181 e. The Balaban J connectivity index is 2.30. The number of aryl methyl sites for hydroxylation is 1. The number of anilines is 1. The third kappa shape index (κ3) is 2.61. The van der Waals surface area contributed by atoms with Crippen LogP contribution < -0.4 is 5.73 Å². The lowest BCUT2D eigenvalue weighted by Crippen LogP contribution is -2.16. The van der Waals surface area contributed by atoms with Gasteiger partial charge in [0.1, 0.15) is 19.5 Å². The standard InChI is InChI=1S/C15H18N6Si/c1-20-10-11(9-18-20)13-12(5-8-22(2,3)4)21-7-6-17-14(16)15(21)19-13/h6-7,9-10H,1-4H3,(H2,16,17). The van der Waals surface area contributed by atoms with E-state index in [1.54, 1.807) is 17.1 Å². The van der Waals surface area contributed by atoms with Gasteiger partial charge in [-0.3, -0.25) is 9.08 Å². The molecule has 0 amide bonds. The van der Waals surface area contributed by atoms with Gasteiger partial charge in [0.15, 0.2) is 11.5 Å². The monoisotopic (exact) mass is 310 g/mol. The van der Waals surface area contributed by atoms with Crippen molar-refractivity contribution in [3.8, 4) is 22.7 Å². The number of hydrogen-bond donors (Lipinski definition) is 1. The minimum Gasteiger partial charge on any atom is -0.381 e. The molecule has 0 aliphatic heterocycles. The third-order valence-electron chi connectivity index (χ3n) is 3.10. The first-order valence-corrected chi connectivity index (χ1v) is 10.5. The van der Waals surface area contributed by atoms with Crippen molar-refractivity contribution >= 4 is 19.5 Å².